The highest BCUT2D eigenvalue weighted by Gasteiger charge is 2.50. The third-order valence-corrected chi connectivity index (χ3v) is 3.00. The molecular weight excluding hydrogens is 194 g/mol. The van der Waals surface area contributed by atoms with Gasteiger partial charge in [0.25, 0.3) is 6.73 Å². The van der Waals surface area contributed by atoms with Crippen molar-refractivity contribution >= 4 is 5.97 Å². The maximum Gasteiger partial charge on any atom is 0.309 e. The summed E-state index contributed by atoms with van der Waals surface area (Å²) in [7, 11) is 0. The molecule has 0 aromatic heterocycles. The van der Waals surface area contributed by atoms with Crippen LogP contribution in [0.2, 0.25) is 0 Å². The van der Waals surface area contributed by atoms with Gasteiger partial charge in [0, 0.05) is 12.8 Å². The second-order valence-corrected chi connectivity index (χ2v) is 5.57. The zero-order valence-electron chi connectivity index (χ0n) is 9.78. The van der Waals surface area contributed by atoms with Crippen molar-refractivity contribution in [1.29, 1.82) is 0 Å². The molecule has 0 N–H and O–H groups in total. The van der Waals surface area contributed by atoms with Gasteiger partial charge in [-0.25, -0.2) is 0 Å². The minimum absolute atomic E-state index is 0.0396. The largest absolute Gasteiger partial charge is 0.460 e. The van der Waals surface area contributed by atoms with Gasteiger partial charge in [0.15, 0.2) is 0 Å². The molecule has 2 heterocycles. The highest BCUT2D eigenvalue weighted by atomic mass is 16.9. The second kappa shape index (κ2) is 3.46. The van der Waals surface area contributed by atoms with Crippen LogP contribution in [0.4, 0.5) is 0 Å². The van der Waals surface area contributed by atoms with Gasteiger partial charge in [-0.2, -0.15) is 0 Å². The summed E-state index contributed by atoms with van der Waals surface area (Å²) in [6, 6.07) is 0. The van der Waals surface area contributed by atoms with Crippen LogP contribution in [0.3, 0.4) is 0 Å². The van der Waals surface area contributed by atoms with Crippen molar-refractivity contribution in [3.8, 4) is 0 Å². The minimum Gasteiger partial charge on any atom is -0.460 e. The van der Waals surface area contributed by atoms with Gasteiger partial charge in [0.2, 0.25) is 0 Å². The Labute approximate surface area is 90.7 Å². The first-order valence-electron chi connectivity index (χ1n) is 5.64. The summed E-state index contributed by atoms with van der Waals surface area (Å²) in [4.78, 5) is 17.1. The van der Waals surface area contributed by atoms with E-state index in [-0.39, 0.29) is 17.5 Å². The highest BCUT2D eigenvalue weighted by molar-refractivity contribution is 5.72. The number of quaternary nitrogens is 1. The molecule has 0 radical (unpaired) electrons. The van der Waals surface area contributed by atoms with Crippen LogP contribution in [0.1, 0.15) is 33.6 Å². The molecular formula is C11H20NO3+. The highest BCUT2D eigenvalue weighted by Crippen LogP contribution is 2.33. The van der Waals surface area contributed by atoms with Crippen LogP contribution in [-0.2, 0) is 14.4 Å². The Morgan fingerprint density at radius 2 is 1.87 bits per heavy atom. The van der Waals surface area contributed by atoms with Crippen LogP contribution in [-0.4, -0.2) is 36.0 Å². The van der Waals surface area contributed by atoms with Crippen molar-refractivity contribution < 1.29 is 19.0 Å². The Balaban J connectivity index is 1.82. The molecule has 0 atom stereocenters. The Hall–Kier alpha value is -0.610. The van der Waals surface area contributed by atoms with Gasteiger partial charge in [0.1, 0.15) is 18.7 Å². The third-order valence-electron chi connectivity index (χ3n) is 3.00. The molecule has 4 nitrogen and oxygen atoms in total. The fourth-order valence-corrected chi connectivity index (χ4v) is 2.00. The summed E-state index contributed by atoms with van der Waals surface area (Å²) in [5, 5.41) is 0. The van der Waals surface area contributed by atoms with E-state index in [1.807, 2.05) is 20.8 Å². The monoisotopic (exact) mass is 214 g/mol. The molecule has 0 saturated carbocycles. The predicted octanol–water partition coefficient (Wildman–Crippen LogP) is 1.46. The Morgan fingerprint density at radius 1 is 1.33 bits per heavy atom. The van der Waals surface area contributed by atoms with E-state index in [2.05, 4.69) is 0 Å². The first-order chi connectivity index (χ1) is 6.90. The van der Waals surface area contributed by atoms with Crippen LogP contribution >= 0.6 is 0 Å². The lowest BCUT2D eigenvalue weighted by molar-refractivity contribution is -0.920. The van der Waals surface area contributed by atoms with Crippen LogP contribution in [0.15, 0.2) is 0 Å². The summed E-state index contributed by atoms with van der Waals surface area (Å²) in [5.74, 6) is 0.0411. The van der Waals surface area contributed by atoms with Crippen LogP contribution < -0.4 is 0 Å². The molecule has 2 saturated heterocycles. The SMILES string of the molecule is CC(C)(C)OC(=O)C1CC[N+]2(CC1)CO2. The number of carbonyl (C=O) groups excluding carboxylic acids is 1. The number of ether oxygens (including phenoxy) is 1. The number of hydrogen-bond acceptors (Lipinski definition) is 3. The molecule has 0 aromatic rings. The van der Waals surface area contributed by atoms with E-state index in [1.165, 1.54) is 0 Å². The number of nitrogens with zero attached hydrogens (tertiary/aromatic N) is 1. The molecule has 4 heteroatoms. The average Bonchev–Trinajstić information content (AvgIpc) is 2.83. The molecule has 15 heavy (non-hydrogen) atoms. The number of carbonyl (C=O) groups is 1. The number of hydroxylamine groups is 3. The van der Waals surface area contributed by atoms with Gasteiger partial charge in [-0.05, 0) is 20.8 Å². The van der Waals surface area contributed by atoms with E-state index in [0.717, 1.165) is 37.3 Å². The maximum atomic E-state index is 11.8. The lowest BCUT2D eigenvalue weighted by Gasteiger charge is -2.27. The van der Waals surface area contributed by atoms with E-state index in [1.54, 1.807) is 0 Å². The van der Waals surface area contributed by atoms with Gasteiger partial charge in [-0.15, -0.1) is 9.48 Å². The summed E-state index contributed by atoms with van der Waals surface area (Å²) in [5.41, 5.74) is -0.364. The smallest absolute Gasteiger partial charge is 0.309 e. The number of piperidine rings is 1. The van der Waals surface area contributed by atoms with E-state index in [9.17, 15) is 4.79 Å². The zero-order chi connectivity index (χ0) is 11.1. The zero-order valence-corrected chi connectivity index (χ0v) is 9.78. The molecule has 2 rings (SSSR count). The summed E-state index contributed by atoms with van der Waals surface area (Å²) < 4.78 is 6.16. The fourth-order valence-electron chi connectivity index (χ4n) is 2.00. The van der Waals surface area contributed by atoms with Crippen molar-refractivity contribution in [3.63, 3.8) is 0 Å². The lowest BCUT2D eigenvalue weighted by Crippen LogP contribution is -2.40. The van der Waals surface area contributed by atoms with Crippen LogP contribution in [0.25, 0.3) is 0 Å². The molecule has 1 spiro atoms. The molecule has 0 bridgehead atoms. The lowest BCUT2D eigenvalue weighted by atomic mass is 9.97. The van der Waals surface area contributed by atoms with Gasteiger partial charge < -0.3 is 4.74 Å². The third kappa shape index (κ3) is 2.69. The summed E-state index contributed by atoms with van der Waals surface area (Å²) >= 11 is 0. The Kier molecular flexibility index (Phi) is 2.51. The van der Waals surface area contributed by atoms with E-state index in [0.29, 0.717) is 0 Å². The standard InChI is InChI=1S/C11H20NO3/c1-11(2,3)15-10(13)9-4-6-12(7-5-9)8-14-12/h9H,4-8H2,1-3H3/q+1. The first-order valence-corrected chi connectivity index (χ1v) is 5.64. The summed E-state index contributed by atoms with van der Waals surface area (Å²) in [6.07, 6.45) is 1.80. The summed E-state index contributed by atoms with van der Waals surface area (Å²) in [6.45, 7) is 8.49. The number of rotatable bonds is 1. The molecule has 2 fully saturated rings. The van der Waals surface area contributed by atoms with Gasteiger partial charge in [-0.1, -0.05) is 0 Å². The predicted molar refractivity (Wildman–Crippen MR) is 54.5 cm³/mol. The topological polar surface area (TPSA) is 38.8 Å². The van der Waals surface area contributed by atoms with Crippen molar-refractivity contribution in [2.24, 2.45) is 5.92 Å². The van der Waals surface area contributed by atoms with Crippen molar-refractivity contribution in [2.75, 3.05) is 19.8 Å². The van der Waals surface area contributed by atoms with Crippen molar-refractivity contribution in [1.82, 2.24) is 0 Å². The second-order valence-electron chi connectivity index (χ2n) is 5.57. The maximum absolute atomic E-state index is 11.8. The molecule has 0 aliphatic carbocycles. The van der Waals surface area contributed by atoms with E-state index >= 15 is 0 Å². The Bertz CT molecular complexity index is 255. The Morgan fingerprint density at radius 3 is 2.27 bits per heavy atom. The van der Waals surface area contributed by atoms with Crippen LogP contribution in [0, 0.1) is 5.92 Å². The van der Waals surface area contributed by atoms with Crippen molar-refractivity contribution in [3.05, 3.63) is 0 Å². The molecule has 2 aliphatic heterocycles. The number of hydrogen-bond donors (Lipinski definition) is 0. The number of esters is 1. The van der Waals surface area contributed by atoms with Gasteiger partial charge in [-0.3, -0.25) is 4.79 Å². The molecule has 0 aromatic carbocycles. The first kappa shape index (κ1) is 10.9. The van der Waals surface area contributed by atoms with Crippen molar-refractivity contribution in [2.45, 2.75) is 39.2 Å². The average molecular weight is 214 g/mol. The molecule has 0 amide bonds. The normalized spacial score (nSPS) is 35.3. The molecule has 86 valence electrons. The quantitative estimate of drug-likeness (QED) is 0.377. The molecule has 0 unspecified atom stereocenters. The van der Waals surface area contributed by atoms with Gasteiger partial charge in [0.05, 0.1) is 5.92 Å². The minimum atomic E-state index is -0.364. The fraction of sp³-hybridized carbons (Fsp3) is 0.909. The van der Waals surface area contributed by atoms with Crippen LogP contribution in [0.5, 0.6) is 0 Å². The van der Waals surface area contributed by atoms with E-state index < -0.39 is 0 Å². The van der Waals surface area contributed by atoms with Gasteiger partial charge >= 0.3 is 5.97 Å². The molecule has 2 aliphatic rings. The van der Waals surface area contributed by atoms with E-state index in [4.69, 9.17) is 9.57 Å².